The second-order valence-corrected chi connectivity index (χ2v) is 10.1. The molecule has 3 heterocycles. The normalized spacial score (nSPS) is 19.4. The van der Waals surface area contributed by atoms with Gasteiger partial charge in [0, 0.05) is 31.0 Å². The molecule has 3 aromatic heterocycles. The molecule has 0 amide bonds. The van der Waals surface area contributed by atoms with Crippen LogP contribution in [-0.4, -0.2) is 39.0 Å². The van der Waals surface area contributed by atoms with Crippen molar-refractivity contribution in [3.8, 4) is 0 Å². The van der Waals surface area contributed by atoms with Gasteiger partial charge in [0.2, 0.25) is 0 Å². The van der Waals surface area contributed by atoms with Crippen LogP contribution in [0.2, 0.25) is 0 Å². The van der Waals surface area contributed by atoms with Gasteiger partial charge in [0.15, 0.2) is 5.65 Å². The fourth-order valence-electron chi connectivity index (χ4n) is 4.81. The fraction of sp³-hybridized carbons (Fsp3) is 0.348. The van der Waals surface area contributed by atoms with Crippen LogP contribution in [0, 0.1) is 6.92 Å². The van der Waals surface area contributed by atoms with E-state index in [2.05, 4.69) is 14.5 Å². The third-order valence-corrected chi connectivity index (χ3v) is 7.78. The van der Waals surface area contributed by atoms with Crippen molar-refractivity contribution in [2.75, 3.05) is 0 Å². The Labute approximate surface area is 185 Å². The van der Waals surface area contributed by atoms with Gasteiger partial charge in [-0.15, -0.1) is 0 Å². The molecular weight excluding hydrogens is 428 g/mol. The molecule has 0 spiro atoms. The molecule has 5 rings (SSSR count). The summed E-state index contributed by atoms with van der Waals surface area (Å²) in [5.74, 6) is 0.569. The average Bonchev–Trinajstić information content (AvgIpc) is 3.34. The SMILES string of the molecule is CC(=O)OC1CCCC(n2c(C)nc3cnc4c(ccn4S(=O)(=O)c4ccccc4)c32)C1. The quantitative estimate of drug-likeness (QED) is 0.435. The summed E-state index contributed by atoms with van der Waals surface area (Å²) in [6, 6.07) is 10.2. The number of imidazole rings is 1. The number of hydrogen-bond acceptors (Lipinski definition) is 6. The van der Waals surface area contributed by atoms with Crippen molar-refractivity contribution in [3.05, 3.63) is 54.6 Å². The predicted octanol–water partition coefficient (Wildman–Crippen LogP) is 3.98. The Balaban J connectivity index is 1.64. The molecular formula is C23H24N4O4S. The number of rotatable bonds is 4. The molecule has 1 aliphatic rings. The average molecular weight is 453 g/mol. The van der Waals surface area contributed by atoms with Gasteiger partial charge in [-0.2, -0.15) is 0 Å². The molecule has 0 N–H and O–H groups in total. The van der Waals surface area contributed by atoms with Crippen molar-refractivity contribution in [2.24, 2.45) is 0 Å². The molecule has 0 aliphatic heterocycles. The largest absolute Gasteiger partial charge is 0.462 e. The number of hydrogen-bond donors (Lipinski definition) is 0. The molecule has 1 fully saturated rings. The Hall–Kier alpha value is -3.20. The number of aryl methyl sites for hydroxylation is 1. The summed E-state index contributed by atoms with van der Waals surface area (Å²) in [6.45, 7) is 3.38. The Morgan fingerprint density at radius 3 is 2.69 bits per heavy atom. The van der Waals surface area contributed by atoms with Gasteiger partial charge in [-0.05, 0) is 44.4 Å². The summed E-state index contributed by atoms with van der Waals surface area (Å²) in [4.78, 5) is 20.8. The van der Waals surface area contributed by atoms with Gasteiger partial charge < -0.3 is 9.30 Å². The molecule has 2 atom stereocenters. The van der Waals surface area contributed by atoms with E-state index >= 15 is 0 Å². The topological polar surface area (TPSA) is 96.1 Å². The number of ether oxygens (including phenoxy) is 1. The summed E-state index contributed by atoms with van der Waals surface area (Å²) in [5.41, 5.74) is 1.96. The lowest BCUT2D eigenvalue weighted by molar-refractivity contribution is -0.148. The van der Waals surface area contributed by atoms with E-state index in [0.29, 0.717) is 12.1 Å². The van der Waals surface area contributed by atoms with E-state index in [-0.39, 0.29) is 23.0 Å². The van der Waals surface area contributed by atoms with Crippen LogP contribution in [0.1, 0.15) is 44.5 Å². The number of esters is 1. The smallest absolute Gasteiger partial charge is 0.302 e. The van der Waals surface area contributed by atoms with Crippen LogP contribution < -0.4 is 0 Å². The van der Waals surface area contributed by atoms with Crippen LogP contribution in [0.15, 0.2) is 53.7 Å². The number of carbonyl (C=O) groups is 1. The lowest BCUT2D eigenvalue weighted by Gasteiger charge is -2.30. The molecule has 1 saturated carbocycles. The number of pyridine rings is 1. The van der Waals surface area contributed by atoms with Crippen LogP contribution in [0.5, 0.6) is 0 Å². The van der Waals surface area contributed by atoms with E-state index in [0.717, 1.165) is 41.5 Å². The van der Waals surface area contributed by atoms with Gasteiger partial charge >= 0.3 is 5.97 Å². The maximum Gasteiger partial charge on any atom is 0.302 e. The van der Waals surface area contributed by atoms with Crippen LogP contribution in [0.25, 0.3) is 22.1 Å². The number of benzene rings is 1. The molecule has 4 aromatic rings. The van der Waals surface area contributed by atoms with Crippen molar-refractivity contribution in [3.63, 3.8) is 0 Å². The highest BCUT2D eigenvalue weighted by atomic mass is 32.2. The summed E-state index contributed by atoms with van der Waals surface area (Å²) >= 11 is 0. The zero-order chi connectivity index (χ0) is 22.5. The van der Waals surface area contributed by atoms with Crippen molar-refractivity contribution < 1.29 is 17.9 Å². The van der Waals surface area contributed by atoms with Gasteiger partial charge in [-0.1, -0.05) is 18.2 Å². The van der Waals surface area contributed by atoms with E-state index in [1.165, 1.54) is 10.9 Å². The summed E-state index contributed by atoms with van der Waals surface area (Å²) < 4.78 is 35.3. The van der Waals surface area contributed by atoms with E-state index in [9.17, 15) is 13.2 Å². The third kappa shape index (κ3) is 3.37. The summed E-state index contributed by atoms with van der Waals surface area (Å²) in [7, 11) is -3.78. The number of aromatic nitrogens is 4. The highest BCUT2D eigenvalue weighted by Crippen LogP contribution is 2.36. The summed E-state index contributed by atoms with van der Waals surface area (Å²) in [5, 5.41) is 0.734. The van der Waals surface area contributed by atoms with Crippen LogP contribution in [0.4, 0.5) is 0 Å². The van der Waals surface area contributed by atoms with E-state index < -0.39 is 10.0 Å². The molecule has 1 aromatic carbocycles. The maximum absolute atomic E-state index is 13.2. The molecule has 166 valence electrons. The van der Waals surface area contributed by atoms with Crippen LogP contribution in [-0.2, 0) is 19.6 Å². The lowest BCUT2D eigenvalue weighted by atomic mass is 9.92. The minimum absolute atomic E-state index is 0.109. The Morgan fingerprint density at radius 1 is 1.16 bits per heavy atom. The molecule has 32 heavy (non-hydrogen) atoms. The Kier molecular flexibility index (Phi) is 5.00. The van der Waals surface area contributed by atoms with Gasteiger partial charge in [-0.25, -0.2) is 22.4 Å². The Bertz CT molecular complexity index is 1420. The monoisotopic (exact) mass is 452 g/mol. The van der Waals surface area contributed by atoms with Crippen molar-refractivity contribution >= 4 is 38.1 Å². The molecule has 9 heteroatoms. The molecule has 0 saturated heterocycles. The fourth-order valence-corrected chi connectivity index (χ4v) is 6.13. The zero-order valence-electron chi connectivity index (χ0n) is 17.9. The number of carbonyl (C=O) groups excluding carboxylic acids is 1. The minimum Gasteiger partial charge on any atom is -0.462 e. The maximum atomic E-state index is 13.2. The second-order valence-electron chi connectivity index (χ2n) is 8.24. The van der Waals surface area contributed by atoms with Gasteiger partial charge in [0.1, 0.15) is 17.4 Å². The molecule has 1 aliphatic carbocycles. The Morgan fingerprint density at radius 2 is 1.94 bits per heavy atom. The van der Waals surface area contributed by atoms with Gasteiger partial charge in [0.05, 0.1) is 16.6 Å². The summed E-state index contributed by atoms with van der Waals surface area (Å²) in [6.07, 6.45) is 6.50. The first-order valence-corrected chi connectivity index (χ1v) is 12.1. The molecule has 0 radical (unpaired) electrons. The van der Waals surface area contributed by atoms with E-state index in [1.807, 2.05) is 6.92 Å². The van der Waals surface area contributed by atoms with Gasteiger partial charge in [-0.3, -0.25) is 4.79 Å². The highest BCUT2D eigenvalue weighted by Gasteiger charge is 2.29. The van der Waals surface area contributed by atoms with E-state index in [1.54, 1.807) is 48.8 Å². The second kappa shape index (κ2) is 7.74. The first-order valence-electron chi connectivity index (χ1n) is 10.7. The lowest BCUT2D eigenvalue weighted by Crippen LogP contribution is -2.27. The zero-order valence-corrected chi connectivity index (χ0v) is 18.7. The van der Waals surface area contributed by atoms with Crippen LogP contribution >= 0.6 is 0 Å². The molecule has 2 unspecified atom stereocenters. The van der Waals surface area contributed by atoms with Crippen molar-refractivity contribution in [1.29, 1.82) is 0 Å². The molecule has 0 bridgehead atoms. The first kappa shape index (κ1) is 20.7. The highest BCUT2D eigenvalue weighted by molar-refractivity contribution is 7.90. The van der Waals surface area contributed by atoms with Gasteiger partial charge in [0.25, 0.3) is 10.0 Å². The minimum atomic E-state index is -3.78. The standard InChI is InChI=1S/C23H24N4O4S/c1-15-25-21-14-24-23-20(11-12-26(23)32(29,30)19-9-4-3-5-10-19)22(21)27(15)17-7-6-8-18(13-17)31-16(2)28/h3-5,9-12,14,17-18H,6-8,13H2,1-2H3. The van der Waals surface area contributed by atoms with Crippen LogP contribution in [0.3, 0.4) is 0 Å². The number of nitrogens with zero attached hydrogens (tertiary/aromatic N) is 4. The molecule has 8 nitrogen and oxygen atoms in total. The third-order valence-electron chi connectivity index (χ3n) is 6.10. The van der Waals surface area contributed by atoms with Crippen molar-refractivity contribution in [2.45, 2.75) is 56.6 Å². The number of fused-ring (bicyclic) bond motifs is 3. The van der Waals surface area contributed by atoms with E-state index in [4.69, 9.17) is 4.74 Å². The van der Waals surface area contributed by atoms with Crippen molar-refractivity contribution in [1.82, 2.24) is 18.5 Å². The first-order chi connectivity index (χ1) is 15.4. The predicted molar refractivity (Wildman–Crippen MR) is 120 cm³/mol.